The van der Waals surface area contributed by atoms with Gasteiger partial charge in [0.2, 0.25) is 0 Å². The summed E-state index contributed by atoms with van der Waals surface area (Å²) in [5.41, 5.74) is 1.54. The average Bonchev–Trinajstić information content (AvgIpc) is 2.28. The van der Waals surface area contributed by atoms with E-state index in [1.54, 1.807) is 0 Å². The van der Waals surface area contributed by atoms with E-state index in [0.29, 0.717) is 11.5 Å². The zero-order valence-corrected chi connectivity index (χ0v) is 10.2. The van der Waals surface area contributed by atoms with Crippen LogP contribution in [0.1, 0.15) is 26.7 Å². The van der Waals surface area contributed by atoms with Gasteiger partial charge >= 0.3 is 0 Å². The number of aromatic nitrogens is 1. The highest BCUT2D eigenvalue weighted by Gasteiger charge is 2.31. The molecule has 3 heteroatoms. The third kappa shape index (κ3) is 2.73. The van der Waals surface area contributed by atoms with E-state index in [2.05, 4.69) is 29.5 Å². The SMILES string of the molecule is CC1(C)CCCNC1CNc1ccncc1. The van der Waals surface area contributed by atoms with Crippen LogP contribution < -0.4 is 10.6 Å². The summed E-state index contributed by atoms with van der Waals surface area (Å²) in [5, 5.41) is 7.07. The molecular weight excluding hydrogens is 198 g/mol. The van der Waals surface area contributed by atoms with Gasteiger partial charge in [-0.05, 0) is 36.9 Å². The maximum atomic E-state index is 4.01. The lowest BCUT2D eigenvalue weighted by molar-refractivity contribution is 0.188. The van der Waals surface area contributed by atoms with E-state index in [1.165, 1.54) is 12.8 Å². The second kappa shape index (κ2) is 4.83. The van der Waals surface area contributed by atoms with Crippen molar-refractivity contribution in [3.05, 3.63) is 24.5 Å². The molecule has 1 saturated heterocycles. The summed E-state index contributed by atoms with van der Waals surface area (Å²) in [6.45, 7) is 6.82. The molecule has 2 N–H and O–H groups in total. The minimum atomic E-state index is 0.387. The topological polar surface area (TPSA) is 37.0 Å². The molecule has 0 saturated carbocycles. The largest absolute Gasteiger partial charge is 0.383 e. The van der Waals surface area contributed by atoms with Crippen molar-refractivity contribution in [3.63, 3.8) is 0 Å². The molecule has 88 valence electrons. The summed E-state index contributed by atoms with van der Waals surface area (Å²) in [4.78, 5) is 4.01. The van der Waals surface area contributed by atoms with E-state index in [4.69, 9.17) is 0 Å². The van der Waals surface area contributed by atoms with E-state index >= 15 is 0 Å². The minimum absolute atomic E-state index is 0.387. The molecule has 1 aliphatic heterocycles. The lowest BCUT2D eigenvalue weighted by atomic mass is 9.77. The number of hydrogen-bond acceptors (Lipinski definition) is 3. The van der Waals surface area contributed by atoms with Crippen molar-refractivity contribution >= 4 is 5.69 Å². The van der Waals surface area contributed by atoms with Gasteiger partial charge in [0.15, 0.2) is 0 Å². The van der Waals surface area contributed by atoms with E-state index in [9.17, 15) is 0 Å². The summed E-state index contributed by atoms with van der Waals surface area (Å²) in [6.07, 6.45) is 6.24. The molecule has 0 amide bonds. The number of pyridine rings is 1. The molecule has 1 aliphatic rings. The fraction of sp³-hybridized carbons (Fsp3) is 0.615. The highest BCUT2D eigenvalue weighted by molar-refractivity contribution is 5.40. The molecule has 1 aromatic heterocycles. The summed E-state index contributed by atoms with van der Waals surface area (Å²) >= 11 is 0. The third-order valence-electron chi connectivity index (χ3n) is 3.52. The van der Waals surface area contributed by atoms with Crippen molar-refractivity contribution in [2.24, 2.45) is 5.41 Å². The summed E-state index contributed by atoms with van der Waals surface area (Å²) < 4.78 is 0. The molecule has 0 aliphatic carbocycles. The van der Waals surface area contributed by atoms with Crippen LogP contribution in [0.4, 0.5) is 5.69 Å². The molecule has 2 heterocycles. The van der Waals surface area contributed by atoms with Gasteiger partial charge in [0.1, 0.15) is 0 Å². The van der Waals surface area contributed by atoms with Crippen LogP contribution in [0.15, 0.2) is 24.5 Å². The molecule has 1 unspecified atom stereocenters. The van der Waals surface area contributed by atoms with Crippen LogP contribution in [0, 0.1) is 5.41 Å². The van der Waals surface area contributed by atoms with Crippen LogP contribution in [0.3, 0.4) is 0 Å². The van der Waals surface area contributed by atoms with Gasteiger partial charge in [-0.1, -0.05) is 13.8 Å². The van der Waals surface area contributed by atoms with Crippen molar-refractivity contribution in [2.45, 2.75) is 32.7 Å². The Morgan fingerprint density at radius 1 is 1.44 bits per heavy atom. The number of piperidine rings is 1. The minimum Gasteiger partial charge on any atom is -0.383 e. The number of hydrogen-bond donors (Lipinski definition) is 2. The second-order valence-corrected chi connectivity index (χ2v) is 5.22. The van der Waals surface area contributed by atoms with Gasteiger partial charge in [-0.3, -0.25) is 4.98 Å². The number of rotatable bonds is 3. The van der Waals surface area contributed by atoms with Gasteiger partial charge in [-0.15, -0.1) is 0 Å². The zero-order chi connectivity index (χ0) is 11.4. The fourth-order valence-electron chi connectivity index (χ4n) is 2.31. The lowest BCUT2D eigenvalue weighted by Gasteiger charge is -2.39. The molecule has 1 atom stereocenters. The van der Waals surface area contributed by atoms with Crippen LogP contribution in [0.2, 0.25) is 0 Å². The summed E-state index contributed by atoms with van der Waals surface area (Å²) in [5.74, 6) is 0. The second-order valence-electron chi connectivity index (χ2n) is 5.22. The molecule has 0 bridgehead atoms. The van der Waals surface area contributed by atoms with E-state index in [-0.39, 0.29) is 0 Å². The average molecular weight is 219 g/mol. The van der Waals surface area contributed by atoms with Crippen LogP contribution in [-0.4, -0.2) is 24.1 Å². The van der Waals surface area contributed by atoms with Gasteiger partial charge < -0.3 is 10.6 Å². The van der Waals surface area contributed by atoms with Crippen LogP contribution >= 0.6 is 0 Å². The number of nitrogens with zero attached hydrogens (tertiary/aromatic N) is 1. The quantitative estimate of drug-likeness (QED) is 0.819. The first-order valence-electron chi connectivity index (χ1n) is 6.06. The van der Waals surface area contributed by atoms with E-state index in [0.717, 1.165) is 18.8 Å². The van der Waals surface area contributed by atoms with Crippen molar-refractivity contribution < 1.29 is 0 Å². The van der Waals surface area contributed by atoms with Crippen LogP contribution in [0.5, 0.6) is 0 Å². The molecule has 0 radical (unpaired) electrons. The Morgan fingerprint density at radius 2 is 2.19 bits per heavy atom. The molecule has 3 nitrogen and oxygen atoms in total. The Morgan fingerprint density at radius 3 is 2.88 bits per heavy atom. The Balaban J connectivity index is 1.90. The first kappa shape index (κ1) is 11.4. The van der Waals surface area contributed by atoms with Crippen LogP contribution in [0.25, 0.3) is 0 Å². The summed E-state index contributed by atoms with van der Waals surface area (Å²) in [7, 11) is 0. The maximum Gasteiger partial charge on any atom is 0.0371 e. The van der Waals surface area contributed by atoms with Gasteiger partial charge in [0, 0.05) is 30.7 Å². The monoisotopic (exact) mass is 219 g/mol. The summed E-state index contributed by atoms with van der Waals surface area (Å²) in [6, 6.07) is 4.57. The molecule has 0 spiro atoms. The molecule has 16 heavy (non-hydrogen) atoms. The fourth-order valence-corrected chi connectivity index (χ4v) is 2.31. The number of anilines is 1. The predicted molar refractivity (Wildman–Crippen MR) is 67.5 cm³/mol. The highest BCUT2D eigenvalue weighted by Crippen LogP contribution is 2.30. The van der Waals surface area contributed by atoms with Gasteiger partial charge in [0.05, 0.1) is 0 Å². The van der Waals surface area contributed by atoms with Gasteiger partial charge in [0.25, 0.3) is 0 Å². The Kier molecular flexibility index (Phi) is 3.44. The van der Waals surface area contributed by atoms with Crippen molar-refractivity contribution in [1.29, 1.82) is 0 Å². The molecule has 2 rings (SSSR count). The Labute approximate surface area is 97.7 Å². The molecular formula is C13H21N3. The standard InChI is InChI=1S/C13H21N3/c1-13(2)6-3-7-15-12(13)10-16-11-4-8-14-9-5-11/h4-5,8-9,12,15H,3,6-7,10H2,1-2H3,(H,14,16). The molecule has 1 fully saturated rings. The van der Waals surface area contributed by atoms with Crippen LogP contribution in [-0.2, 0) is 0 Å². The highest BCUT2D eigenvalue weighted by atomic mass is 15.0. The van der Waals surface area contributed by atoms with Gasteiger partial charge in [-0.2, -0.15) is 0 Å². The third-order valence-corrected chi connectivity index (χ3v) is 3.52. The smallest absolute Gasteiger partial charge is 0.0371 e. The van der Waals surface area contributed by atoms with Crippen molar-refractivity contribution in [2.75, 3.05) is 18.4 Å². The number of nitrogens with one attached hydrogen (secondary N) is 2. The van der Waals surface area contributed by atoms with E-state index in [1.807, 2.05) is 24.5 Å². The van der Waals surface area contributed by atoms with E-state index < -0.39 is 0 Å². The van der Waals surface area contributed by atoms with Gasteiger partial charge in [-0.25, -0.2) is 0 Å². The Bertz CT molecular complexity index is 321. The first-order valence-corrected chi connectivity index (χ1v) is 6.06. The molecule has 0 aromatic carbocycles. The first-order chi connectivity index (χ1) is 7.68. The van der Waals surface area contributed by atoms with Crippen molar-refractivity contribution in [1.82, 2.24) is 10.3 Å². The lowest BCUT2D eigenvalue weighted by Crippen LogP contribution is -2.50. The predicted octanol–water partition coefficient (Wildman–Crippen LogP) is 2.27. The normalized spacial score (nSPS) is 24.0. The Hall–Kier alpha value is -1.09. The maximum absolute atomic E-state index is 4.01. The zero-order valence-electron chi connectivity index (χ0n) is 10.2. The molecule has 1 aromatic rings. The van der Waals surface area contributed by atoms with Crippen molar-refractivity contribution in [3.8, 4) is 0 Å².